The van der Waals surface area contributed by atoms with Crippen LogP contribution in [0.2, 0.25) is 0 Å². The lowest BCUT2D eigenvalue weighted by Gasteiger charge is -2.37. The Balaban J connectivity index is 2.37. The fourth-order valence-electron chi connectivity index (χ4n) is 2.86. The number of nitrogens with zero attached hydrogens (tertiary/aromatic N) is 2. The molecule has 1 atom stereocenters. The minimum absolute atomic E-state index is 0.154. The van der Waals surface area contributed by atoms with E-state index in [0.29, 0.717) is 6.04 Å². The van der Waals surface area contributed by atoms with Crippen LogP contribution >= 0.6 is 0 Å². The summed E-state index contributed by atoms with van der Waals surface area (Å²) in [5.74, 6) is 0.154. The van der Waals surface area contributed by atoms with E-state index in [-0.39, 0.29) is 5.92 Å². The first-order valence-electron chi connectivity index (χ1n) is 7.08. The summed E-state index contributed by atoms with van der Waals surface area (Å²) < 4.78 is 0. The summed E-state index contributed by atoms with van der Waals surface area (Å²) >= 11 is 0. The second kappa shape index (κ2) is 7.68. The lowest BCUT2D eigenvalue weighted by atomic mass is 9.89. The summed E-state index contributed by atoms with van der Waals surface area (Å²) in [6, 6.07) is 3.77. The molecule has 0 aromatic rings. The minimum Gasteiger partial charge on any atom is -0.314 e. The number of rotatable bonds is 6. The molecule has 0 amide bonds. The van der Waals surface area contributed by atoms with E-state index >= 15 is 0 Å². The van der Waals surface area contributed by atoms with E-state index in [9.17, 15) is 0 Å². The normalized spacial score (nSPS) is 26.8. The Labute approximate surface area is 106 Å². The molecule has 3 heteroatoms. The van der Waals surface area contributed by atoms with E-state index in [2.05, 4.69) is 30.1 Å². The average molecular weight is 237 g/mol. The smallest absolute Gasteiger partial charge is 0.0666 e. The average Bonchev–Trinajstić information content (AvgIpc) is 2.37. The van der Waals surface area contributed by atoms with Gasteiger partial charge in [0.2, 0.25) is 0 Å². The zero-order valence-electron chi connectivity index (χ0n) is 11.6. The zero-order chi connectivity index (χ0) is 12.7. The van der Waals surface area contributed by atoms with Crippen LogP contribution < -0.4 is 5.32 Å². The van der Waals surface area contributed by atoms with Gasteiger partial charge in [-0.2, -0.15) is 5.26 Å². The first-order valence-corrected chi connectivity index (χ1v) is 7.08. The van der Waals surface area contributed by atoms with Crippen molar-refractivity contribution in [3.8, 4) is 6.07 Å². The fourth-order valence-corrected chi connectivity index (χ4v) is 2.86. The van der Waals surface area contributed by atoms with Gasteiger partial charge in [-0.3, -0.25) is 4.90 Å². The second-order valence-electron chi connectivity index (χ2n) is 5.18. The Morgan fingerprint density at radius 3 is 2.41 bits per heavy atom. The van der Waals surface area contributed by atoms with E-state index in [1.54, 1.807) is 0 Å². The molecule has 1 saturated carbocycles. The van der Waals surface area contributed by atoms with Gasteiger partial charge in [0.05, 0.1) is 12.0 Å². The third kappa shape index (κ3) is 4.65. The van der Waals surface area contributed by atoms with Crippen LogP contribution in [-0.2, 0) is 0 Å². The van der Waals surface area contributed by atoms with Crippen LogP contribution in [0, 0.1) is 17.2 Å². The molecule has 0 heterocycles. The molecular weight excluding hydrogens is 210 g/mol. The van der Waals surface area contributed by atoms with Gasteiger partial charge in [0.1, 0.15) is 0 Å². The van der Waals surface area contributed by atoms with Gasteiger partial charge in [-0.05, 0) is 45.7 Å². The van der Waals surface area contributed by atoms with Crippen molar-refractivity contribution < 1.29 is 0 Å². The highest BCUT2D eigenvalue weighted by Crippen LogP contribution is 2.23. The van der Waals surface area contributed by atoms with Crippen molar-refractivity contribution in [1.29, 1.82) is 5.26 Å². The van der Waals surface area contributed by atoms with Crippen LogP contribution in [0.4, 0.5) is 0 Å². The molecule has 1 aliphatic carbocycles. The van der Waals surface area contributed by atoms with Crippen LogP contribution in [0.3, 0.4) is 0 Å². The molecule has 0 aromatic carbocycles. The number of nitrogens with one attached hydrogen (secondary N) is 1. The molecule has 1 fully saturated rings. The lowest BCUT2D eigenvalue weighted by molar-refractivity contribution is 0.141. The Hall–Kier alpha value is -0.590. The monoisotopic (exact) mass is 237 g/mol. The number of hydrogen-bond acceptors (Lipinski definition) is 3. The molecule has 1 rings (SSSR count). The molecule has 3 nitrogen and oxygen atoms in total. The molecule has 0 spiro atoms. The Morgan fingerprint density at radius 2 is 1.94 bits per heavy atom. The van der Waals surface area contributed by atoms with Gasteiger partial charge in [-0.15, -0.1) is 0 Å². The Bertz CT molecular complexity index is 238. The minimum atomic E-state index is 0.154. The fraction of sp³-hybridized carbons (Fsp3) is 0.929. The van der Waals surface area contributed by atoms with Gasteiger partial charge < -0.3 is 5.32 Å². The summed E-state index contributed by atoms with van der Waals surface area (Å²) in [6.07, 6.45) is 5.14. The highest BCUT2D eigenvalue weighted by atomic mass is 15.2. The molecule has 1 unspecified atom stereocenters. The maximum absolute atomic E-state index is 8.90. The molecule has 1 N–H and O–H groups in total. The quantitative estimate of drug-likeness (QED) is 0.771. The predicted molar refractivity (Wildman–Crippen MR) is 71.7 cm³/mol. The highest BCUT2D eigenvalue weighted by molar-refractivity contribution is 4.86. The lowest BCUT2D eigenvalue weighted by Crippen LogP contribution is -2.43. The largest absolute Gasteiger partial charge is 0.314 e. The first kappa shape index (κ1) is 14.5. The SMILES string of the molecule is CCNC1CCC(N(CC)CC(C)C#N)CC1. The van der Waals surface area contributed by atoms with Crippen molar-refractivity contribution in [1.82, 2.24) is 10.2 Å². The Kier molecular flexibility index (Phi) is 6.54. The van der Waals surface area contributed by atoms with E-state index in [0.717, 1.165) is 25.7 Å². The molecule has 1 aliphatic rings. The maximum atomic E-state index is 8.90. The van der Waals surface area contributed by atoms with Crippen molar-refractivity contribution in [2.75, 3.05) is 19.6 Å². The Morgan fingerprint density at radius 1 is 1.29 bits per heavy atom. The molecule has 17 heavy (non-hydrogen) atoms. The van der Waals surface area contributed by atoms with Gasteiger partial charge in [-0.1, -0.05) is 13.8 Å². The third-order valence-electron chi connectivity index (χ3n) is 3.84. The summed E-state index contributed by atoms with van der Waals surface area (Å²) in [7, 11) is 0. The van der Waals surface area contributed by atoms with Crippen molar-refractivity contribution in [2.24, 2.45) is 5.92 Å². The molecule has 0 radical (unpaired) electrons. The van der Waals surface area contributed by atoms with Crippen LogP contribution in [0.5, 0.6) is 0 Å². The molecule has 0 bridgehead atoms. The van der Waals surface area contributed by atoms with E-state index < -0.39 is 0 Å². The summed E-state index contributed by atoms with van der Waals surface area (Å²) in [4.78, 5) is 2.50. The summed E-state index contributed by atoms with van der Waals surface area (Å²) in [5.41, 5.74) is 0. The zero-order valence-corrected chi connectivity index (χ0v) is 11.6. The van der Waals surface area contributed by atoms with Crippen LogP contribution in [-0.4, -0.2) is 36.6 Å². The van der Waals surface area contributed by atoms with Crippen LogP contribution in [0.25, 0.3) is 0 Å². The third-order valence-corrected chi connectivity index (χ3v) is 3.84. The van der Waals surface area contributed by atoms with Crippen molar-refractivity contribution in [3.63, 3.8) is 0 Å². The van der Waals surface area contributed by atoms with Gasteiger partial charge in [0.15, 0.2) is 0 Å². The van der Waals surface area contributed by atoms with E-state index in [1.165, 1.54) is 25.7 Å². The van der Waals surface area contributed by atoms with Crippen LogP contribution in [0.15, 0.2) is 0 Å². The van der Waals surface area contributed by atoms with Gasteiger partial charge in [0.25, 0.3) is 0 Å². The maximum Gasteiger partial charge on any atom is 0.0666 e. The molecule has 0 saturated heterocycles. The van der Waals surface area contributed by atoms with Crippen molar-refractivity contribution in [3.05, 3.63) is 0 Å². The number of nitriles is 1. The molecule has 0 aliphatic heterocycles. The first-order chi connectivity index (χ1) is 8.21. The molecule has 98 valence electrons. The summed E-state index contributed by atoms with van der Waals surface area (Å²) in [5, 5.41) is 12.4. The number of hydrogen-bond donors (Lipinski definition) is 1. The van der Waals surface area contributed by atoms with Gasteiger partial charge in [0, 0.05) is 18.6 Å². The second-order valence-corrected chi connectivity index (χ2v) is 5.18. The standard InChI is InChI=1S/C14H27N3/c1-4-16-13-6-8-14(9-7-13)17(5-2)11-12(3)10-15/h12-14,16H,4-9,11H2,1-3H3. The molecular formula is C14H27N3. The van der Waals surface area contributed by atoms with Gasteiger partial charge >= 0.3 is 0 Å². The van der Waals surface area contributed by atoms with E-state index in [1.807, 2.05) is 6.92 Å². The van der Waals surface area contributed by atoms with E-state index in [4.69, 9.17) is 5.26 Å². The topological polar surface area (TPSA) is 39.1 Å². The van der Waals surface area contributed by atoms with Crippen molar-refractivity contribution in [2.45, 2.75) is 58.5 Å². The predicted octanol–water partition coefficient (Wildman–Crippen LogP) is 2.39. The molecule has 0 aromatic heterocycles. The van der Waals surface area contributed by atoms with Crippen LogP contribution in [0.1, 0.15) is 46.5 Å². The van der Waals surface area contributed by atoms with Crippen molar-refractivity contribution >= 4 is 0 Å². The summed E-state index contributed by atoms with van der Waals surface area (Å²) in [6.45, 7) is 9.50. The highest BCUT2D eigenvalue weighted by Gasteiger charge is 2.25. The van der Waals surface area contributed by atoms with Gasteiger partial charge in [-0.25, -0.2) is 0 Å².